The summed E-state index contributed by atoms with van der Waals surface area (Å²) in [5.74, 6) is 2.07. The SMILES string of the molecule is COC(=O)C1CCC2CC2C1.Cl. The molecule has 2 nitrogen and oxygen atoms in total. The Balaban J connectivity index is 0.000000720. The summed E-state index contributed by atoms with van der Waals surface area (Å²) >= 11 is 0. The van der Waals surface area contributed by atoms with E-state index in [-0.39, 0.29) is 24.3 Å². The van der Waals surface area contributed by atoms with E-state index in [1.54, 1.807) is 0 Å². The van der Waals surface area contributed by atoms with Crippen molar-refractivity contribution in [3.05, 3.63) is 0 Å². The van der Waals surface area contributed by atoms with Gasteiger partial charge in [-0.05, 0) is 37.5 Å². The van der Waals surface area contributed by atoms with Crippen molar-refractivity contribution < 1.29 is 9.53 Å². The third kappa shape index (κ3) is 1.74. The highest BCUT2D eigenvalue weighted by molar-refractivity contribution is 5.85. The minimum Gasteiger partial charge on any atom is -0.469 e. The van der Waals surface area contributed by atoms with E-state index in [1.807, 2.05) is 0 Å². The lowest BCUT2D eigenvalue weighted by Gasteiger charge is -2.18. The number of methoxy groups -OCH3 is 1. The summed E-state index contributed by atoms with van der Waals surface area (Å²) in [7, 11) is 1.49. The van der Waals surface area contributed by atoms with E-state index in [0.29, 0.717) is 0 Å². The maximum atomic E-state index is 11.1. The molecule has 2 saturated carbocycles. The van der Waals surface area contributed by atoms with Crippen molar-refractivity contribution in [1.82, 2.24) is 0 Å². The van der Waals surface area contributed by atoms with E-state index in [0.717, 1.165) is 24.7 Å². The molecule has 0 aromatic heterocycles. The van der Waals surface area contributed by atoms with Gasteiger partial charge in [-0.2, -0.15) is 0 Å². The monoisotopic (exact) mass is 190 g/mol. The van der Waals surface area contributed by atoms with Crippen LogP contribution in [0.5, 0.6) is 0 Å². The Hall–Kier alpha value is -0.240. The smallest absolute Gasteiger partial charge is 0.308 e. The molecule has 2 fully saturated rings. The summed E-state index contributed by atoms with van der Waals surface area (Å²) in [6, 6.07) is 0. The first-order valence-corrected chi connectivity index (χ1v) is 4.39. The minimum atomic E-state index is 0. The lowest BCUT2D eigenvalue weighted by atomic mass is 9.89. The molecule has 0 aromatic rings. The van der Waals surface area contributed by atoms with Gasteiger partial charge in [-0.25, -0.2) is 0 Å². The van der Waals surface area contributed by atoms with E-state index in [2.05, 4.69) is 0 Å². The van der Waals surface area contributed by atoms with Crippen molar-refractivity contribution in [2.24, 2.45) is 17.8 Å². The molecule has 3 heteroatoms. The molecule has 12 heavy (non-hydrogen) atoms. The van der Waals surface area contributed by atoms with Gasteiger partial charge in [-0.15, -0.1) is 12.4 Å². The van der Waals surface area contributed by atoms with Gasteiger partial charge in [0.1, 0.15) is 0 Å². The summed E-state index contributed by atoms with van der Waals surface area (Å²) < 4.78 is 4.72. The second-order valence-electron chi connectivity index (χ2n) is 3.79. The fourth-order valence-electron chi connectivity index (χ4n) is 2.23. The normalized spacial score (nSPS) is 37.6. The van der Waals surface area contributed by atoms with Crippen LogP contribution >= 0.6 is 12.4 Å². The third-order valence-electron chi connectivity index (χ3n) is 3.08. The van der Waals surface area contributed by atoms with E-state index in [1.165, 1.54) is 20.0 Å². The number of hydrogen-bond donors (Lipinski definition) is 0. The van der Waals surface area contributed by atoms with Gasteiger partial charge in [-0.1, -0.05) is 0 Å². The van der Waals surface area contributed by atoms with E-state index in [9.17, 15) is 4.79 Å². The molecule has 0 radical (unpaired) electrons. The zero-order chi connectivity index (χ0) is 7.84. The van der Waals surface area contributed by atoms with Crippen molar-refractivity contribution in [1.29, 1.82) is 0 Å². The number of halogens is 1. The number of hydrogen-bond acceptors (Lipinski definition) is 2. The number of fused-ring (bicyclic) bond motifs is 1. The number of carbonyl (C=O) groups is 1. The van der Waals surface area contributed by atoms with Gasteiger partial charge in [0.15, 0.2) is 0 Å². The Bertz CT molecular complexity index is 181. The zero-order valence-electron chi connectivity index (χ0n) is 7.29. The average molecular weight is 191 g/mol. The van der Waals surface area contributed by atoms with Crippen molar-refractivity contribution in [2.75, 3.05) is 7.11 Å². The molecular formula is C9H15ClO2. The highest BCUT2D eigenvalue weighted by Gasteiger charge is 2.44. The third-order valence-corrected chi connectivity index (χ3v) is 3.08. The first-order valence-electron chi connectivity index (χ1n) is 4.39. The number of ether oxygens (including phenoxy) is 1. The number of rotatable bonds is 1. The molecule has 3 atom stereocenters. The molecule has 70 valence electrons. The first kappa shape index (κ1) is 9.85. The van der Waals surface area contributed by atoms with Crippen LogP contribution in [0.15, 0.2) is 0 Å². The summed E-state index contributed by atoms with van der Waals surface area (Å²) in [5.41, 5.74) is 0. The topological polar surface area (TPSA) is 26.3 Å². The molecule has 0 bridgehead atoms. The Morgan fingerprint density at radius 2 is 2.00 bits per heavy atom. The van der Waals surface area contributed by atoms with Crippen LogP contribution in [0.2, 0.25) is 0 Å². The molecule has 0 N–H and O–H groups in total. The maximum absolute atomic E-state index is 11.1. The molecule has 0 saturated heterocycles. The lowest BCUT2D eigenvalue weighted by Crippen LogP contribution is -2.19. The first-order chi connectivity index (χ1) is 5.31. The van der Waals surface area contributed by atoms with Crippen molar-refractivity contribution in [2.45, 2.75) is 25.7 Å². The Morgan fingerprint density at radius 3 is 2.58 bits per heavy atom. The molecule has 2 aliphatic rings. The summed E-state index contributed by atoms with van der Waals surface area (Å²) in [6.07, 6.45) is 4.78. The minimum absolute atomic E-state index is 0. The van der Waals surface area contributed by atoms with Crippen molar-refractivity contribution >= 4 is 18.4 Å². The van der Waals surface area contributed by atoms with Gasteiger partial charge >= 0.3 is 5.97 Å². The summed E-state index contributed by atoms with van der Waals surface area (Å²) in [5, 5.41) is 0. The molecule has 3 unspecified atom stereocenters. The van der Waals surface area contributed by atoms with Gasteiger partial charge in [0, 0.05) is 0 Å². The zero-order valence-corrected chi connectivity index (χ0v) is 8.10. The predicted octanol–water partition coefficient (Wildman–Crippen LogP) is 2.02. The van der Waals surface area contributed by atoms with Crippen LogP contribution in [0, 0.1) is 17.8 Å². The van der Waals surface area contributed by atoms with Crippen LogP contribution in [0.4, 0.5) is 0 Å². The number of esters is 1. The van der Waals surface area contributed by atoms with Crippen molar-refractivity contribution in [3.63, 3.8) is 0 Å². The molecule has 0 aromatic carbocycles. The highest BCUT2D eigenvalue weighted by atomic mass is 35.5. The molecule has 0 spiro atoms. The predicted molar refractivity (Wildman–Crippen MR) is 48.2 cm³/mol. The average Bonchev–Trinajstić information content (AvgIpc) is 2.80. The second kappa shape index (κ2) is 3.65. The van der Waals surface area contributed by atoms with Crippen LogP contribution in [-0.2, 0) is 9.53 Å². The summed E-state index contributed by atoms with van der Waals surface area (Å²) in [6.45, 7) is 0. The van der Waals surface area contributed by atoms with Gasteiger partial charge in [0.05, 0.1) is 13.0 Å². The molecule has 2 aliphatic carbocycles. The molecule has 0 heterocycles. The van der Waals surface area contributed by atoms with Crippen LogP contribution in [0.1, 0.15) is 25.7 Å². The van der Waals surface area contributed by atoms with Gasteiger partial charge < -0.3 is 4.74 Å². The van der Waals surface area contributed by atoms with E-state index >= 15 is 0 Å². The Morgan fingerprint density at radius 1 is 1.25 bits per heavy atom. The van der Waals surface area contributed by atoms with E-state index in [4.69, 9.17) is 4.74 Å². The van der Waals surface area contributed by atoms with Crippen LogP contribution in [0.3, 0.4) is 0 Å². The quantitative estimate of drug-likeness (QED) is 0.592. The highest BCUT2D eigenvalue weighted by Crippen LogP contribution is 2.51. The largest absolute Gasteiger partial charge is 0.469 e. The van der Waals surface area contributed by atoms with Crippen LogP contribution in [0.25, 0.3) is 0 Å². The second-order valence-corrected chi connectivity index (χ2v) is 3.79. The lowest BCUT2D eigenvalue weighted by molar-refractivity contribution is -0.146. The fourth-order valence-corrected chi connectivity index (χ4v) is 2.23. The van der Waals surface area contributed by atoms with Crippen molar-refractivity contribution in [3.8, 4) is 0 Å². The summed E-state index contributed by atoms with van der Waals surface area (Å²) in [4.78, 5) is 11.1. The van der Waals surface area contributed by atoms with Gasteiger partial charge in [-0.3, -0.25) is 4.79 Å². The van der Waals surface area contributed by atoms with Crippen LogP contribution < -0.4 is 0 Å². The standard InChI is InChI=1S/C9H14O2.ClH/c1-11-9(10)7-3-2-6-4-8(6)5-7;/h6-8H,2-5H2,1H3;1H. The Kier molecular flexibility index (Phi) is 2.99. The maximum Gasteiger partial charge on any atom is 0.308 e. The Labute approximate surface area is 79.1 Å². The molecule has 0 amide bonds. The van der Waals surface area contributed by atoms with E-state index < -0.39 is 0 Å². The molecule has 0 aliphatic heterocycles. The fraction of sp³-hybridized carbons (Fsp3) is 0.889. The van der Waals surface area contributed by atoms with Gasteiger partial charge in [0.2, 0.25) is 0 Å². The number of carbonyl (C=O) groups excluding carboxylic acids is 1. The van der Waals surface area contributed by atoms with Gasteiger partial charge in [0.25, 0.3) is 0 Å². The van der Waals surface area contributed by atoms with Crippen LogP contribution in [-0.4, -0.2) is 13.1 Å². The molecular weight excluding hydrogens is 176 g/mol. The molecule has 2 rings (SSSR count).